The topological polar surface area (TPSA) is 67.9 Å². The van der Waals surface area contributed by atoms with Gasteiger partial charge in [0.1, 0.15) is 12.4 Å². The summed E-state index contributed by atoms with van der Waals surface area (Å²) in [7, 11) is 1.56. The zero-order valence-electron chi connectivity index (χ0n) is 17.5. The zero-order valence-corrected chi connectivity index (χ0v) is 17.5. The van der Waals surface area contributed by atoms with E-state index in [1.54, 1.807) is 31.1 Å². The van der Waals surface area contributed by atoms with E-state index in [0.717, 1.165) is 18.4 Å². The van der Waals surface area contributed by atoms with Crippen molar-refractivity contribution in [3.05, 3.63) is 29.8 Å². The van der Waals surface area contributed by atoms with Gasteiger partial charge in [0.15, 0.2) is 0 Å². The van der Waals surface area contributed by atoms with Crippen LogP contribution in [0.2, 0.25) is 0 Å². The van der Waals surface area contributed by atoms with Crippen molar-refractivity contribution in [2.45, 2.75) is 51.4 Å². The van der Waals surface area contributed by atoms with Crippen molar-refractivity contribution in [1.29, 1.82) is 0 Å². The van der Waals surface area contributed by atoms with Crippen LogP contribution in [0.1, 0.15) is 44.7 Å². The maximum Gasteiger partial charge on any atom is 0.411 e. The number of hydrogen-bond donors (Lipinski definition) is 1. The molecule has 1 fully saturated rings. The molecule has 1 aromatic rings. The first kappa shape index (κ1) is 24.0. The molecular weight excluding hydrogens is 401 g/mol. The summed E-state index contributed by atoms with van der Waals surface area (Å²) in [6.07, 6.45) is -2.64. The number of likely N-dealkylation sites (tertiary alicyclic amines) is 1. The van der Waals surface area contributed by atoms with E-state index in [4.69, 9.17) is 4.74 Å². The van der Waals surface area contributed by atoms with Crippen LogP contribution in [0.3, 0.4) is 0 Å². The normalized spacial score (nSPS) is 20.3. The molecule has 1 aromatic carbocycles. The van der Waals surface area contributed by atoms with Gasteiger partial charge in [-0.15, -0.1) is 0 Å². The van der Waals surface area contributed by atoms with Crippen LogP contribution in [0, 0.1) is 5.92 Å². The van der Waals surface area contributed by atoms with Gasteiger partial charge in [-0.3, -0.25) is 9.59 Å². The lowest BCUT2D eigenvalue weighted by molar-refractivity contribution is -0.175. The summed E-state index contributed by atoms with van der Waals surface area (Å²) in [6, 6.07) is 6.17. The van der Waals surface area contributed by atoms with Gasteiger partial charge in [0, 0.05) is 19.0 Å². The Bertz CT molecular complexity index is 709. The van der Waals surface area contributed by atoms with Crippen LogP contribution in [-0.4, -0.2) is 55.8 Å². The molecule has 0 bridgehead atoms. The van der Waals surface area contributed by atoms with Crippen LogP contribution < -0.4 is 10.1 Å². The molecule has 3 unspecified atom stereocenters. The SMILES string of the molecule is CCCCN1C(=O)CC(C(=O)NC(C)COCC(F)(F)F)C1c1ccc(OC)cc1. The molecule has 0 spiro atoms. The molecule has 2 amide bonds. The Labute approximate surface area is 174 Å². The first-order valence-electron chi connectivity index (χ1n) is 10.0. The number of carbonyl (C=O) groups excluding carboxylic acids is 2. The molecule has 30 heavy (non-hydrogen) atoms. The van der Waals surface area contributed by atoms with Crippen molar-refractivity contribution in [2.75, 3.05) is 26.9 Å². The molecule has 1 saturated heterocycles. The lowest BCUT2D eigenvalue weighted by Crippen LogP contribution is -2.42. The minimum absolute atomic E-state index is 0.0579. The summed E-state index contributed by atoms with van der Waals surface area (Å²) >= 11 is 0. The average Bonchev–Trinajstić information content (AvgIpc) is 3.01. The second-order valence-corrected chi connectivity index (χ2v) is 7.51. The number of nitrogens with one attached hydrogen (secondary N) is 1. The molecule has 1 N–H and O–H groups in total. The first-order valence-corrected chi connectivity index (χ1v) is 10.0. The summed E-state index contributed by atoms with van der Waals surface area (Å²) in [4.78, 5) is 27.3. The second kappa shape index (κ2) is 10.7. The van der Waals surface area contributed by atoms with E-state index < -0.39 is 30.8 Å². The molecule has 0 aliphatic carbocycles. The first-order chi connectivity index (χ1) is 14.2. The number of amides is 2. The van der Waals surface area contributed by atoms with E-state index in [1.165, 1.54) is 0 Å². The van der Waals surface area contributed by atoms with Crippen molar-refractivity contribution >= 4 is 11.8 Å². The molecule has 1 aliphatic heterocycles. The summed E-state index contributed by atoms with van der Waals surface area (Å²) in [5.41, 5.74) is 0.818. The van der Waals surface area contributed by atoms with Crippen molar-refractivity contribution in [1.82, 2.24) is 10.2 Å². The lowest BCUT2D eigenvalue weighted by atomic mass is 9.92. The number of benzene rings is 1. The zero-order chi connectivity index (χ0) is 22.3. The molecule has 0 aromatic heterocycles. The van der Waals surface area contributed by atoms with E-state index in [2.05, 4.69) is 10.1 Å². The Morgan fingerprint density at radius 1 is 1.30 bits per heavy atom. The highest BCUT2D eigenvalue weighted by molar-refractivity contribution is 5.90. The Kier molecular flexibility index (Phi) is 8.52. The molecule has 1 heterocycles. The van der Waals surface area contributed by atoms with Gasteiger partial charge in [0.05, 0.1) is 25.7 Å². The highest BCUT2D eigenvalue weighted by atomic mass is 19.4. The largest absolute Gasteiger partial charge is 0.497 e. The van der Waals surface area contributed by atoms with Gasteiger partial charge in [0.2, 0.25) is 11.8 Å². The van der Waals surface area contributed by atoms with Crippen LogP contribution in [0.15, 0.2) is 24.3 Å². The van der Waals surface area contributed by atoms with E-state index >= 15 is 0 Å². The smallest absolute Gasteiger partial charge is 0.411 e. The summed E-state index contributed by atoms with van der Waals surface area (Å²) in [5, 5.41) is 2.69. The monoisotopic (exact) mass is 430 g/mol. The third kappa shape index (κ3) is 6.62. The number of carbonyl (C=O) groups is 2. The number of halogens is 3. The molecule has 168 valence electrons. The highest BCUT2D eigenvalue weighted by Crippen LogP contribution is 2.39. The number of ether oxygens (including phenoxy) is 2. The third-order valence-electron chi connectivity index (χ3n) is 5.00. The second-order valence-electron chi connectivity index (χ2n) is 7.51. The van der Waals surface area contributed by atoms with Crippen LogP contribution >= 0.6 is 0 Å². The van der Waals surface area contributed by atoms with Crippen LogP contribution in [-0.2, 0) is 14.3 Å². The molecule has 3 atom stereocenters. The van der Waals surface area contributed by atoms with Gasteiger partial charge in [-0.1, -0.05) is 25.5 Å². The third-order valence-corrected chi connectivity index (χ3v) is 5.00. The number of unbranched alkanes of at least 4 members (excludes halogenated alkanes) is 1. The number of hydrogen-bond acceptors (Lipinski definition) is 4. The Hall–Kier alpha value is -2.29. The molecule has 1 aliphatic rings. The van der Waals surface area contributed by atoms with Gasteiger partial charge >= 0.3 is 6.18 Å². The fraction of sp³-hybridized carbons (Fsp3) is 0.619. The summed E-state index contributed by atoms with van der Waals surface area (Å²) in [5.74, 6) is -0.441. The summed E-state index contributed by atoms with van der Waals surface area (Å²) < 4.78 is 46.5. The Morgan fingerprint density at radius 3 is 2.53 bits per heavy atom. The highest BCUT2D eigenvalue weighted by Gasteiger charge is 2.44. The molecular formula is C21H29F3N2O4. The van der Waals surface area contributed by atoms with Crippen LogP contribution in [0.5, 0.6) is 5.75 Å². The Morgan fingerprint density at radius 2 is 1.97 bits per heavy atom. The van der Waals surface area contributed by atoms with E-state index in [-0.39, 0.29) is 24.8 Å². The van der Waals surface area contributed by atoms with Crippen LogP contribution in [0.4, 0.5) is 13.2 Å². The Balaban J connectivity index is 2.12. The van der Waals surface area contributed by atoms with E-state index in [1.807, 2.05) is 19.1 Å². The van der Waals surface area contributed by atoms with Gasteiger partial charge in [-0.05, 0) is 31.0 Å². The number of nitrogens with zero attached hydrogens (tertiary/aromatic N) is 1. The predicted molar refractivity (Wildman–Crippen MR) is 105 cm³/mol. The van der Waals surface area contributed by atoms with Gasteiger partial charge in [-0.2, -0.15) is 13.2 Å². The van der Waals surface area contributed by atoms with Gasteiger partial charge in [0.25, 0.3) is 0 Å². The number of rotatable bonds is 10. The summed E-state index contributed by atoms with van der Waals surface area (Å²) in [6.45, 7) is 2.51. The molecule has 6 nitrogen and oxygen atoms in total. The van der Waals surface area contributed by atoms with E-state index in [0.29, 0.717) is 12.3 Å². The molecule has 0 radical (unpaired) electrons. The standard InChI is InChI=1S/C21H29F3N2O4/c1-4-5-10-26-18(27)11-17(19(26)15-6-8-16(29-3)9-7-15)20(28)25-14(2)12-30-13-21(22,23)24/h6-9,14,17,19H,4-5,10-13H2,1-3H3,(H,25,28). The van der Waals surface area contributed by atoms with Gasteiger partial charge < -0.3 is 19.7 Å². The molecule has 9 heteroatoms. The molecule has 0 saturated carbocycles. The van der Waals surface area contributed by atoms with Crippen molar-refractivity contribution in [3.63, 3.8) is 0 Å². The van der Waals surface area contributed by atoms with Crippen LogP contribution in [0.25, 0.3) is 0 Å². The predicted octanol–water partition coefficient (Wildman–Crippen LogP) is 3.47. The lowest BCUT2D eigenvalue weighted by Gasteiger charge is -2.29. The maximum absolute atomic E-state index is 12.9. The van der Waals surface area contributed by atoms with Gasteiger partial charge in [-0.25, -0.2) is 0 Å². The molecule has 2 rings (SSSR count). The van der Waals surface area contributed by atoms with E-state index in [9.17, 15) is 22.8 Å². The van der Waals surface area contributed by atoms with Crippen molar-refractivity contribution in [3.8, 4) is 5.75 Å². The number of methoxy groups -OCH3 is 1. The quantitative estimate of drug-likeness (QED) is 0.617. The van der Waals surface area contributed by atoms with Crippen molar-refractivity contribution in [2.24, 2.45) is 5.92 Å². The fourth-order valence-electron chi connectivity index (χ4n) is 3.57. The minimum Gasteiger partial charge on any atom is -0.497 e. The maximum atomic E-state index is 12.9. The number of alkyl halides is 3. The fourth-order valence-corrected chi connectivity index (χ4v) is 3.57. The minimum atomic E-state index is -4.42. The average molecular weight is 430 g/mol. The van der Waals surface area contributed by atoms with Crippen molar-refractivity contribution < 1.29 is 32.2 Å².